The lowest BCUT2D eigenvalue weighted by molar-refractivity contribution is 0.464. The highest BCUT2D eigenvalue weighted by Gasteiger charge is 2.31. The second-order valence-corrected chi connectivity index (χ2v) is 7.15. The van der Waals surface area contributed by atoms with Crippen LogP contribution in [0.1, 0.15) is 31.7 Å². The molecule has 0 bridgehead atoms. The molecule has 0 saturated heterocycles. The van der Waals surface area contributed by atoms with E-state index in [1.807, 2.05) is 0 Å². The Labute approximate surface area is 102 Å². The molecule has 16 heavy (non-hydrogen) atoms. The topological polar surface area (TPSA) is 34.1 Å². The first-order valence-corrected chi connectivity index (χ1v) is 7.47. The average Bonchev–Trinajstić information content (AvgIpc) is 2.16. The van der Waals surface area contributed by atoms with Gasteiger partial charge in [0.1, 0.15) is 0 Å². The average molecular weight is 259 g/mol. The van der Waals surface area contributed by atoms with Crippen molar-refractivity contribution in [3.05, 3.63) is 28.8 Å². The summed E-state index contributed by atoms with van der Waals surface area (Å²) >= 11 is 5.94. The molecule has 0 fully saturated rings. The Balaban J connectivity index is 2.63. The predicted octanol–water partition coefficient (Wildman–Crippen LogP) is 3.26. The van der Waals surface area contributed by atoms with E-state index in [1.165, 1.54) is 0 Å². The molecule has 0 amide bonds. The van der Waals surface area contributed by atoms with E-state index in [2.05, 4.69) is 13.8 Å². The normalized spacial score (nSPS) is 23.1. The van der Waals surface area contributed by atoms with E-state index >= 15 is 0 Å². The molecular formula is C12H15ClO2S. The largest absolute Gasteiger partial charge is 0.224 e. The molecule has 1 aromatic carbocycles. The summed E-state index contributed by atoms with van der Waals surface area (Å²) in [5.74, 6) is 0.995. The quantitative estimate of drug-likeness (QED) is 0.775. The summed E-state index contributed by atoms with van der Waals surface area (Å²) in [7, 11) is -3.08. The monoisotopic (exact) mass is 258 g/mol. The molecule has 0 N–H and O–H groups in total. The van der Waals surface area contributed by atoms with Crippen molar-refractivity contribution in [2.45, 2.75) is 31.1 Å². The zero-order chi connectivity index (χ0) is 11.9. The summed E-state index contributed by atoms with van der Waals surface area (Å²) in [5, 5.41) is 0.613. The zero-order valence-electron chi connectivity index (χ0n) is 9.40. The van der Waals surface area contributed by atoms with Crippen molar-refractivity contribution in [2.75, 3.05) is 5.75 Å². The van der Waals surface area contributed by atoms with Crippen LogP contribution >= 0.6 is 11.6 Å². The number of hydrogen-bond donors (Lipinski definition) is 0. The third kappa shape index (κ3) is 1.98. The van der Waals surface area contributed by atoms with Gasteiger partial charge in [-0.15, -0.1) is 0 Å². The van der Waals surface area contributed by atoms with E-state index in [0.29, 0.717) is 28.2 Å². The van der Waals surface area contributed by atoms with Crippen LogP contribution < -0.4 is 0 Å². The van der Waals surface area contributed by atoms with Crippen LogP contribution in [0.25, 0.3) is 0 Å². The molecule has 1 heterocycles. The van der Waals surface area contributed by atoms with Gasteiger partial charge in [0.05, 0.1) is 10.6 Å². The van der Waals surface area contributed by atoms with Crippen LogP contribution in [-0.4, -0.2) is 14.2 Å². The van der Waals surface area contributed by atoms with Gasteiger partial charge < -0.3 is 0 Å². The highest BCUT2D eigenvalue weighted by Crippen LogP contribution is 2.39. The van der Waals surface area contributed by atoms with Crippen LogP contribution in [0.15, 0.2) is 23.1 Å². The number of hydrogen-bond acceptors (Lipinski definition) is 2. The number of rotatable bonds is 1. The van der Waals surface area contributed by atoms with Gasteiger partial charge in [0, 0.05) is 5.02 Å². The SMILES string of the molecule is CC(C)[C@H]1CCS(=O)(=O)c2ccc(Cl)cc21. The maximum atomic E-state index is 11.9. The van der Waals surface area contributed by atoms with E-state index in [0.717, 1.165) is 5.56 Å². The molecule has 0 aliphatic carbocycles. The van der Waals surface area contributed by atoms with Crippen LogP contribution in [0.4, 0.5) is 0 Å². The molecule has 2 rings (SSSR count). The Hall–Kier alpha value is -0.540. The molecule has 1 aliphatic rings. The lowest BCUT2D eigenvalue weighted by Gasteiger charge is -2.28. The molecule has 2 nitrogen and oxygen atoms in total. The third-order valence-corrected chi connectivity index (χ3v) is 5.26. The van der Waals surface area contributed by atoms with Crippen LogP contribution in [0.2, 0.25) is 5.02 Å². The Bertz CT molecular complexity index is 506. The second kappa shape index (κ2) is 4.04. The fourth-order valence-corrected chi connectivity index (χ4v) is 4.14. The highest BCUT2D eigenvalue weighted by atomic mass is 35.5. The lowest BCUT2D eigenvalue weighted by atomic mass is 9.86. The van der Waals surface area contributed by atoms with Gasteiger partial charge in [0.2, 0.25) is 0 Å². The first-order valence-electron chi connectivity index (χ1n) is 5.44. The molecule has 0 saturated carbocycles. The van der Waals surface area contributed by atoms with Crippen molar-refractivity contribution >= 4 is 21.4 Å². The molecule has 0 unspecified atom stereocenters. The number of benzene rings is 1. The van der Waals surface area contributed by atoms with Crippen LogP contribution in [0, 0.1) is 5.92 Å². The van der Waals surface area contributed by atoms with Crippen LogP contribution in [0.3, 0.4) is 0 Å². The molecule has 88 valence electrons. The molecule has 0 radical (unpaired) electrons. The molecule has 1 aliphatic heterocycles. The maximum absolute atomic E-state index is 11.9. The number of sulfone groups is 1. The number of fused-ring (bicyclic) bond motifs is 1. The van der Waals surface area contributed by atoms with Gasteiger partial charge in [-0.1, -0.05) is 25.4 Å². The van der Waals surface area contributed by atoms with Gasteiger partial charge >= 0.3 is 0 Å². The first kappa shape index (κ1) is 11.9. The lowest BCUT2D eigenvalue weighted by Crippen LogP contribution is -2.22. The molecule has 1 atom stereocenters. The van der Waals surface area contributed by atoms with E-state index in [4.69, 9.17) is 11.6 Å². The fraction of sp³-hybridized carbons (Fsp3) is 0.500. The Morgan fingerprint density at radius 1 is 1.38 bits per heavy atom. The van der Waals surface area contributed by atoms with Crippen molar-refractivity contribution < 1.29 is 8.42 Å². The molecular weight excluding hydrogens is 244 g/mol. The minimum atomic E-state index is -3.08. The van der Waals surface area contributed by atoms with E-state index in [1.54, 1.807) is 18.2 Å². The molecule has 0 spiro atoms. The first-order chi connectivity index (χ1) is 7.42. The summed E-state index contributed by atoms with van der Waals surface area (Å²) in [5.41, 5.74) is 0.897. The van der Waals surface area contributed by atoms with E-state index in [9.17, 15) is 8.42 Å². The van der Waals surface area contributed by atoms with Crippen molar-refractivity contribution in [3.63, 3.8) is 0 Å². The Morgan fingerprint density at radius 3 is 2.69 bits per heavy atom. The summed E-state index contributed by atoms with van der Waals surface area (Å²) in [4.78, 5) is 0.474. The van der Waals surface area contributed by atoms with Gasteiger partial charge in [0.25, 0.3) is 0 Å². The fourth-order valence-electron chi connectivity index (χ4n) is 2.33. The van der Waals surface area contributed by atoms with E-state index < -0.39 is 9.84 Å². The molecule has 0 aromatic heterocycles. The summed E-state index contributed by atoms with van der Waals surface area (Å²) in [6.45, 7) is 4.24. The van der Waals surface area contributed by atoms with Crippen molar-refractivity contribution in [3.8, 4) is 0 Å². The Kier molecular flexibility index (Phi) is 3.01. The highest BCUT2D eigenvalue weighted by molar-refractivity contribution is 7.91. The zero-order valence-corrected chi connectivity index (χ0v) is 11.0. The predicted molar refractivity (Wildman–Crippen MR) is 65.7 cm³/mol. The van der Waals surface area contributed by atoms with Crippen LogP contribution in [0.5, 0.6) is 0 Å². The maximum Gasteiger partial charge on any atom is 0.178 e. The van der Waals surface area contributed by atoms with Gasteiger partial charge in [-0.3, -0.25) is 0 Å². The number of halogens is 1. The van der Waals surface area contributed by atoms with Crippen molar-refractivity contribution in [1.29, 1.82) is 0 Å². The minimum Gasteiger partial charge on any atom is -0.224 e. The Morgan fingerprint density at radius 2 is 2.06 bits per heavy atom. The summed E-state index contributed by atoms with van der Waals surface area (Å²) < 4.78 is 23.8. The summed E-state index contributed by atoms with van der Waals surface area (Å²) in [6.07, 6.45) is 0.702. The standard InChI is InChI=1S/C12H15ClO2S/c1-8(2)10-5-6-16(14,15)12-4-3-9(13)7-11(10)12/h3-4,7-8,10H,5-6H2,1-2H3/t10-/m1/s1. The molecule has 1 aromatic rings. The van der Waals surface area contributed by atoms with E-state index in [-0.39, 0.29) is 5.75 Å². The molecule has 4 heteroatoms. The van der Waals surface area contributed by atoms with Gasteiger partial charge in [-0.05, 0) is 42.0 Å². The van der Waals surface area contributed by atoms with Gasteiger partial charge in [-0.2, -0.15) is 0 Å². The minimum absolute atomic E-state index is 0.254. The van der Waals surface area contributed by atoms with Crippen molar-refractivity contribution in [1.82, 2.24) is 0 Å². The summed E-state index contributed by atoms with van der Waals surface area (Å²) in [6, 6.07) is 5.10. The van der Waals surface area contributed by atoms with Crippen LogP contribution in [-0.2, 0) is 9.84 Å². The van der Waals surface area contributed by atoms with Gasteiger partial charge in [-0.25, -0.2) is 8.42 Å². The van der Waals surface area contributed by atoms with Crippen molar-refractivity contribution in [2.24, 2.45) is 5.92 Å². The second-order valence-electron chi connectivity index (χ2n) is 4.64. The smallest absolute Gasteiger partial charge is 0.178 e. The van der Waals surface area contributed by atoms with Gasteiger partial charge in [0.15, 0.2) is 9.84 Å². The third-order valence-electron chi connectivity index (χ3n) is 3.21.